The predicted molar refractivity (Wildman–Crippen MR) is 81.1 cm³/mol. The molecule has 1 fully saturated rings. The topological polar surface area (TPSA) is 49.3 Å². The van der Waals surface area contributed by atoms with Gasteiger partial charge in [0, 0.05) is 27.9 Å². The van der Waals surface area contributed by atoms with Crippen LogP contribution in [0.2, 0.25) is 10.0 Å². The van der Waals surface area contributed by atoms with Gasteiger partial charge < -0.3 is 10.4 Å². The standard InChI is InChI=1S/C15H19Cl2NO2/c1-15(2)12(8-13(15)19)18-14(20)6-4-9-3-5-10(16)7-11(9)17/h3,5,7,12-13,19H,4,6,8H2,1-2H3,(H,18,20). The molecule has 0 aromatic heterocycles. The van der Waals surface area contributed by atoms with E-state index in [2.05, 4.69) is 5.32 Å². The second kappa shape index (κ2) is 5.92. The first-order chi connectivity index (χ1) is 9.30. The molecule has 5 heteroatoms. The van der Waals surface area contributed by atoms with E-state index in [9.17, 15) is 9.90 Å². The fourth-order valence-corrected chi connectivity index (χ4v) is 2.89. The van der Waals surface area contributed by atoms with Crippen molar-refractivity contribution in [2.45, 2.75) is 45.3 Å². The predicted octanol–water partition coefficient (Wildman–Crippen LogP) is 3.20. The van der Waals surface area contributed by atoms with E-state index in [4.69, 9.17) is 23.2 Å². The second-order valence-electron chi connectivity index (χ2n) is 5.93. The van der Waals surface area contributed by atoms with E-state index in [0.717, 1.165) is 5.56 Å². The summed E-state index contributed by atoms with van der Waals surface area (Å²) in [6.45, 7) is 3.92. The fraction of sp³-hybridized carbons (Fsp3) is 0.533. The van der Waals surface area contributed by atoms with Crippen LogP contribution < -0.4 is 5.32 Å². The number of hydrogen-bond donors (Lipinski definition) is 2. The Morgan fingerprint density at radius 2 is 2.15 bits per heavy atom. The maximum Gasteiger partial charge on any atom is 0.220 e. The quantitative estimate of drug-likeness (QED) is 0.896. The van der Waals surface area contributed by atoms with Crippen molar-refractivity contribution in [1.29, 1.82) is 0 Å². The Balaban J connectivity index is 1.84. The van der Waals surface area contributed by atoms with Crippen LogP contribution in [0.4, 0.5) is 0 Å². The number of nitrogens with one attached hydrogen (secondary N) is 1. The molecule has 0 spiro atoms. The maximum absolute atomic E-state index is 11.9. The third-order valence-corrected chi connectivity index (χ3v) is 4.77. The van der Waals surface area contributed by atoms with Gasteiger partial charge >= 0.3 is 0 Å². The molecule has 1 amide bonds. The smallest absolute Gasteiger partial charge is 0.220 e. The van der Waals surface area contributed by atoms with Crippen LogP contribution in [0.1, 0.15) is 32.3 Å². The number of hydrogen-bond acceptors (Lipinski definition) is 2. The van der Waals surface area contributed by atoms with Gasteiger partial charge in [0.1, 0.15) is 0 Å². The summed E-state index contributed by atoms with van der Waals surface area (Å²) in [5.74, 6) is -0.0130. The van der Waals surface area contributed by atoms with Crippen LogP contribution in [0, 0.1) is 5.41 Å². The fourth-order valence-electron chi connectivity index (χ4n) is 2.39. The van der Waals surface area contributed by atoms with Crippen LogP contribution in [-0.4, -0.2) is 23.2 Å². The Kier molecular flexibility index (Phi) is 4.62. The summed E-state index contributed by atoms with van der Waals surface area (Å²) in [7, 11) is 0. The van der Waals surface area contributed by atoms with Gasteiger partial charge in [0.25, 0.3) is 0 Å². The minimum Gasteiger partial charge on any atom is -0.392 e. The molecule has 1 aromatic carbocycles. The number of carbonyl (C=O) groups is 1. The lowest BCUT2D eigenvalue weighted by Crippen LogP contribution is -2.61. The second-order valence-corrected chi connectivity index (χ2v) is 6.77. The van der Waals surface area contributed by atoms with Crippen LogP contribution in [0.3, 0.4) is 0 Å². The summed E-state index contributed by atoms with van der Waals surface area (Å²) in [6.07, 6.45) is 1.25. The highest BCUT2D eigenvalue weighted by atomic mass is 35.5. The van der Waals surface area contributed by atoms with Crippen LogP contribution in [0.15, 0.2) is 18.2 Å². The molecule has 1 aromatic rings. The molecule has 0 saturated heterocycles. The number of aryl methyl sites for hydroxylation is 1. The van der Waals surface area contributed by atoms with Crippen molar-refractivity contribution in [2.75, 3.05) is 0 Å². The minimum absolute atomic E-state index is 0.0130. The van der Waals surface area contributed by atoms with Crippen LogP contribution in [0.25, 0.3) is 0 Å². The summed E-state index contributed by atoms with van der Waals surface area (Å²) in [6, 6.07) is 5.34. The number of benzene rings is 1. The van der Waals surface area contributed by atoms with Gasteiger partial charge in [-0.2, -0.15) is 0 Å². The Morgan fingerprint density at radius 3 is 2.70 bits per heavy atom. The molecule has 20 heavy (non-hydrogen) atoms. The number of amides is 1. The van der Waals surface area contributed by atoms with Crippen molar-refractivity contribution in [3.63, 3.8) is 0 Å². The Hall–Kier alpha value is -0.770. The monoisotopic (exact) mass is 315 g/mol. The molecule has 110 valence electrons. The minimum atomic E-state index is -0.335. The van der Waals surface area contributed by atoms with Gasteiger partial charge in [0.2, 0.25) is 5.91 Å². The van der Waals surface area contributed by atoms with Crippen molar-refractivity contribution >= 4 is 29.1 Å². The van der Waals surface area contributed by atoms with E-state index >= 15 is 0 Å². The van der Waals surface area contributed by atoms with Crippen molar-refractivity contribution in [3.8, 4) is 0 Å². The van der Waals surface area contributed by atoms with Gasteiger partial charge in [-0.05, 0) is 30.5 Å². The molecule has 0 radical (unpaired) electrons. The van der Waals surface area contributed by atoms with Crippen LogP contribution >= 0.6 is 23.2 Å². The SMILES string of the molecule is CC1(C)C(O)CC1NC(=O)CCc1ccc(Cl)cc1Cl. The first-order valence-electron chi connectivity index (χ1n) is 6.72. The molecular formula is C15H19Cl2NO2. The molecule has 1 aliphatic rings. The molecule has 1 saturated carbocycles. The number of carbonyl (C=O) groups excluding carboxylic acids is 1. The lowest BCUT2D eigenvalue weighted by atomic mass is 9.64. The molecule has 2 atom stereocenters. The van der Waals surface area contributed by atoms with Crippen molar-refractivity contribution in [1.82, 2.24) is 5.32 Å². The van der Waals surface area contributed by atoms with E-state index in [1.165, 1.54) is 0 Å². The zero-order valence-corrected chi connectivity index (χ0v) is 13.1. The summed E-state index contributed by atoms with van der Waals surface area (Å²) < 4.78 is 0. The Labute approximate surface area is 129 Å². The van der Waals surface area contributed by atoms with Gasteiger partial charge in [0.05, 0.1) is 6.10 Å². The van der Waals surface area contributed by atoms with Gasteiger partial charge in [-0.15, -0.1) is 0 Å². The number of aliphatic hydroxyl groups is 1. The average Bonchev–Trinajstić information content (AvgIpc) is 2.37. The highest BCUT2D eigenvalue weighted by Gasteiger charge is 2.47. The molecule has 2 rings (SSSR count). The average molecular weight is 316 g/mol. The van der Waals surface area contributed by atoms with Gasteiger partial charge in [0.15, 0.2) is 0 Å². The van der Waals surface area contributed by atoms with Crippen molar-refractivity contribution in [2.24, 2.45) is 5.41 Å². The summed E-state index contributed by atoms with van der Waals surface area (Å²) in [5.41, 5.74) is 0.673. The molecule has 0 aliphatic heterocycles. The molecule has 0 heterocycles. The van der Waals surface area contributed by atoms with Gasteiger partial charge in [-0.3, -0.25) is 4.79 Å². The normalized spacial score (nSPS) is 24.1. The summed E-state index contributed by atoms with van der Waals surface area (Å²) >= 11 is 11.9. The van der Waals surface area contributed by atoms with Crippen LogP contribution in [0.5, 0.6) is 0 Å². The third-order valence-electron chi connectivity index (χ3n) is 4.19. The highest BCUT2D eigenvalue weighted by Crippen LogP contribution is 2.40. The van der Waals surface area contributed by atoms with Crippen molar-refractivity contribution in [3.05, 3.63) is 33.8 Å². The van der Waals surface area contributed by atoms with E-state index in [0.29, 0.717) is 29.3 Å². The highest BCUT2D eigenvalue weighted by molar-refractivity contribution is 6.35. The molecule has 3 nitrogen and oxygen atoms in total. The van der Waals surface area contributed by atoms with E-state index in [1.807, 2.05) is 19.9 Å². The summed E-state index contributed by atoms with van der Waals surface area (Å²) in [5, 5.41) is 13.8. The number of rotatable bonds is 4. The first kappa shape index (κ1) is 15.6. The molecule has 2 unspecified atom stereocenters. The van der Waals surface area contributed by atoms with Crippen molar-refractivity contribution < 1.29 is 9.90 Å². The number of halogens is 2. The zero-order valence-electron chi connectivity index (χ0n) is 11.6. The lowest BCUT2D eigenvalue weighted by Gasteiger charge is -2.49. The molecular weight excluding hydrogens is 297 g/mol. The zero-order chi connectivity index (χ0) is 14.9. The Bertz CT molecular complexity index is 517. The molecule has 1 aliphatic carbocycles. The van der Waals surface area contributed by atoms with Gasteiger partial charge in [-0.25, -0.2) is 0 Å². The summed E-state index contributed by atoms with van der Waals surface area (Å²) in [4.78, 5) is 11.9. The molecule has 0 bridgehead atoms. The first-order valence-corrected chi connectivity index (χ1v) is 7.47. The van der Waals surface area contributed by atoms with Gasteiger partial charge in [-0.1, -0.05) is 43.1 Å². The number of aliphatic hydroxyl groups excluding tert-OH is 1. The Morgan fingerprint density at radius 1 is 1.45 bits per heavy atom. The van der Waals surface area contributed by atoms with E-state index in [1.54, 1.807) is 12.1 Å². The molecule has 2 N–H and O–H groups in total. The van der Waals surface area contributed by atoms with Crippen LogP contribution in [-0.2, 0) is 11.2 Å². The maximum atomic E-state index is 11.9. The van der Waals surface area contributed by atoms with E-state index < -0.39 is 0 Å². The lowest BCUT2D eigenvalue weighted by molar-refractivity contribution is -0.129. The largest absolute Gasteiger partial charge is 0.392 e. The van der Waals surface area contributed by atoms with E-state index in [-0.39, 0.29) is 23.5 Å². The third kappa shape index (κ3) is 3.27.